The smallest absolute Gasteiger partial charge is 0.0543 e. The Hall–Kier alpha value is -12.0. The molecule has 622 valence electrons. The van der Waals surface area contributed by atoms with E-state index in [1.54, 1.807) is 33.4 Å². The molecular weight excluding hydrogens is 1530 g/mol. The molecule has 0 heterocycles. The lowest BCUT2D eigenvalue weighted by Crippen LogP contribution is -2.55. The van der Waals surface area contributed by atoms with Crippen molar-refractivity contribution in [2.45, 2.75) is 151 Å². The molecule has 17 aliphatic carbocycles. The average molecular weight is 1640 g/mol. The van der Waals surface area contributed by atoms with Gasteiger partial charge in [-0.25, -0.2) is 0 Å². The van der Waals surface area contributed by atoms with Crippen molar-refractivity contribution in [1.29, 1.82) is 0 Å². The first-order valence-corrected chi connectivity index (χ1v) is 48.6. The first-order chi connectivity index (χ1) is 62.4. The van der Waals surface area contributed by atoms with E-state index in [1.807, 2.05) is 0 Å². The molecule has 3 spiro atoms. The van der Waals surface area contributed by atoms with Gasteiger partial charge in [0.15, 0.2) is 0 Å². The molecule has 32 rings (SSSR count). The van der Waals surface area contributed by atoms with Crippen LogP contribution in [0.1, 0.15) is 180 Å². The van der Waals surface area contributed by atoms with Crippen LogP contribution in [0.25, 0.3) is 66.4 Å². The summed E-state index contributed by atoms with van der Waals surface area (Å²) in [6.07, 6.45) is 21.4. The van der Waals surface area contributed by atoms with Crippen molar-refractivity contribution in [3.8, 4) is 55.6 Å². The molecule has 12 saturated carbocycles. The van der Waals surface area contributed by atoms with Gasteiger partial charge in [0.05, 0.1) is 17.1 Å². The maximum Gasteiger partial charge on any atom is 0.0543 e. The molecule has 0 aliphatic heterocycles. The number of para-hydroxylation sites is 3. The highest BCUT2D eigenvalue weighted by Crippen LogP contribution is 2.75. The normalized spacial score (nSPS) is 27.6. The molecule has 0 atom stereocenters. The number of hydrogen-bond donors (Lipinski definition) is 0. The quantitative estimate of drug-likeness (QED) is 0.143. The second-order valence-electron chi connectivity index (χ2n) is 42.6. The molecule has 127 heavy (non-hydrogen) atoms. The second kappa shape index (κ2) is 28.0. The lowest BCUT2D eigenvalue weighted by Gasteiger charge is -2.61. The second-order valence-corrected chi connectivity index (χ2v) is 42.6. The van der Waals surface area contributed by atoms with Crippen LogP contribution >= 0.6 is 0 Å². The van der Waals surface area contributed by atoms with Crippen LogP contribution in [0.15, 0.2) is 346 Å². The van der Waals surface area contributed by atoms with Gasteiger partial charge in [0, 0.05) is 77.9 Å². The summed E-state index contributed by atoms with van der Waals surface area (Å²) in [5, 5.41) is 2.56. The lowest BCUT2D eigenvalue weighted by molar-refractivity contribution is -0.0399. The molecule has 0 aromatic heterocycles. The van der Waals surface area contributed by atoms with E-state index in [9.17, 15) is 0 Å². The van der Waals surface area contributed by atoms with Crippen molar-refractivity contribution >= 4 is 62.0 Å². The van der Waals surface area contributed by atoms with E-state index in [0.717, 1.165) is 71.0 Å². The van der Waals surface area contributed by atoms with Crippen molar-refractivity contribution in [2.24, 2.45) is 71.0 Å². The van der Waals surface area contributed by atoms with Gasteiger partial charge in [-0.3, -0.25) is 0 Å². The van der Waals surface area contributed by atoms with E-state index in [1.165, 1.54) is 236 Å². The Morgan fingerprint density at radius 1 is 0.181 bits per heavy atom. The van der Waals surface area contributed by atoms with Crippen molar-refractivity contribution in [2.75, 3.05) is 14.7 Å². The van der Waals surface area contributed by atoms with Crippen LogP contribution in [0.2, 0.25) is 0 Å². The van der Waals surface area contributed by atoms with Crippen molar-refractivity contribution in [1.82, 2.24) is 0 Å². The summed E-state index contributed by atoms with van der Waals surface area (Å²) >= 11 is 0. The van der Waals surface area contributed by atoms with Gasteiger partial charge in [-0.15, -0.1) is 0 Å². The van der Waals surface area contributed by atoms with E-state index in [0.29, 0.717) is 0 Å². The van der Waals surface area contributed by atoms with Crippen LogP contribution in [-0.4, -0.2) is 0 Å². The first kappa shape index (κ1) is 75.1. The highest BCUT2D eigenvalue weighted by atomic mass is 15.2. The van der Waals surface area contributed by atoms with Gasteiger partial charge in [0.1, 0.15) is 0 Å². The molecule has 17 aliphatic rings. The summed E-state index contributed by atoms with van der Waals surface area (Å²) in [6.45, 7) is 9.57. The molecule has 0 amide bonds. The Morgan fingerprint density at radius 2 is 0.433 bits per heavy atom. The zero-order valence-corrected chi connectivity index (χ0v) is 73.8. The summed E-state index contributed by atoms with van der Waals surface area (Å²) in [7, 11) is 0. The minimum Gasteiger partial charge on any atom is -0.310 e. The summed E-state index contributed by atoms with van der Waals surface area (Å²) in [4.78, 5) is 7.63. The Morgan fingerprint density at radius 3 is 0.780 bits per heavy atom. The minimum atomic E-state index is -0.0628. The van der Waals surface area contributed by atoms with Crippen molar-refractivity contribution < 1.29 is 0 Å². The fraction of sp³-hybridized carbons (Fsp3) is 0.290. The number of anilines is 9. The molecule has 0 saturated heterocycles. The van der Waals surface area contributed by atoms with E-state index >= 15 is 0 Å². The fourth-order valence-corrected chi connectivity index (χ4v) is 32.1. The van der Waals surface area contributed by atoms with Gasteiger partial charge in [-0.2, -0.15) is 0 Å². The number of nitrogens with zero attached hydrogens (tertiary/aromatic N) is 3. The molecular formula is C124H111N3. The minimum absolute atomic E-state index is 0.0417. The number of rotatable bonds is 9. The van der Waals surface area contributed by atoms with Gasteiger partial charge in [-0.1, -0.05) is 282 Å². The molecule has 15 aromatic carbocycles. The Labute approximate surface area is 750 Å². The summed E-state index contributed by atoms with van der Waals surface area (Å²) in [6, 6.07) is 132. The predicted molar refractivity (Wildman–Crippen MR) is 526 cm³/mol. The molecule has 15 aromatic rings. The van der Waals surface area contributed by atoms with Crippen LogP contribution in [0.3, 0.4) is 0 Å². The summed E-state index contributed by atoms with van der Waals surface area (Å²) < 4.78 is 0. The van der Waals surface area contributed by atoms with E-state index in [-0.39, 0.29) is 27.1 Å². The Kier molecular flexibility index (Phi) is 16.6. The zero-order valence-electron chi connectivity index (χ0n) is 73.8. The predicted octanol–water partition coefficient (Wildman–Crippen LogP) is 32.4. The zero-order chi connectivity index (χ0) is 84.0. The molecule has 12 bridgehead atoms. The maximum absolute atomic E-state index is 2.59. The lowest BCUT2D eigenvalue weighted by atomic mass is 9.43. The third-order valence-corrected chi connectivity index (χ3v) is 36.1. The van der Waals surface area contributed by atoms with Crippen LogP contribution in [-0.2, 0) is 27.1 Å². The fourth-order valence-electron chi connectivity index (χ4n) is 32.1. The number of hydrogen-bond acceptors (Lipinski definition) is 3. The Bertz CT molecular complexity index is 6860. The number of benzene rings is 15. The molecule has 0 N–H and O–H groups in total. The van der Waals surface area contributed by atoms with Crippen molar-refractivity contribution in [3.05, 3.63) is 401 Å². The van der Waals surface area contributed by atoms with Crippen LogP contribution in [0.5, 0.6) is 0 Å². The Balaban J connectivity index is 0.0000001000. The van der Waals surface area contributed by atoms with Crippen LogP contribution in [0, 0.1) is 71.0 Å². The summed E-state index contributed by atoms with van der Waals surface area (Å²) in [5.74, 6) is 10.3. The monoisotopic (exact) mass is 1640 g/mol. The average Bonchev–Trinajstić information content (AvgIpc) is 1.53. The largest absolute Gasteiger partial charge is 0.310 e. The van der Waals surface area contributed by atoms with Gasteiger partial charge < -0.3 is 14.7 Å². The van der Waals surface area contributed by atoms with Gasteiger partial charge in [0.25, 0.3) is 0 Å². The van der Waals surface area contributed by atoms with Gasteiger partial charge in [0.2, 0.25) is 0 Å². The van der Waals surface area contributed by atoms with Gasteiger partial charge >= 0.3 is 0 Å². The van der Waals surface area contributed by atoms with E-state index in [4.69, 9.17) is 0 Å². The van der Waals surface area contributed by atoms with Gasteiger partial charge in [-0.05, 0) is 364 Å². The third kappa shape index (κ3) is 10.6. The molecule has 3 heteroatoms. The SMILES string of the molecule is CC1(C)c2ccccc2-c2ccc(N(c3ccc4ccccc4c3)c3cccc4c3-c3ccccc3C43C4CC5CC(C4)CC3C5)cc21.CC1(C)c2ccccc2-c2ccc(N(c3ccccc3)c3cccc4c3-c3ccccc3C43C4CC5CC(C4)CC3C5)cc21.c1ccc(N(c2ccccc2)c2cccc3c2-c2ccccc2C32C3CC4CC(C3)CC2C4)cc1. The number of fused-ring (bicyclic) bond motifs is 16. The van der Waals surface area contributed by atoms with E-state index in [2.05, 4.69) is 388 Å². The molecule has 0 radical (unpaired) electrons. The molecule has 12 fully saturated rings. The highest BCUT2D eigenvalue weighted by molar-refractivity contribution is 6.01. The standard InChI is InChI=1S/C47H41N.C43H39N.C34H31N/c1-46(2)40-14-7-5-12-37(40)38-21-20-36(28-43(38)46)48(35-19-18-31-10-3-4-11-32(31)27-35)44-17-9-16-42-45(44)39-13-6-8-15-41(39)47(42)33-23-29-22-30(25-33)26-34(47)24-29;1-42(2)36-15-8-6-13-33(36)34-20-19-32(26-39(34)42)44(31-11-4-3-5-12-31)40-18-10-17-38-41(40)35-14-7-9-16-37(35)43(38)29-22-27-21-28(24-29)25-30(43)23-27;1-3-10-27(11-4-1)35(28-12-5-2-6-13-28)32-17-9-16-31-33(32)29-14-7-8-15-30(29)34(31)25-19-23-18-24(21-25)22-26(34)20-23/h3-21,27-30,33-34H,22-26H2,1-2H3;3-20,26-30H,21-25H2,1-2H3;1-17,23-26H,18-22H2. The van der Waals surface area contributed by atoms with Crippen LogP contribution in [0.4, 0.5) is 51.2 Å². The van der Waals surface area contributed by atoms with E-state index < -0.39 is 0 Å². The molecule has 3 nitrogen and oxygen atoms in total. The first-order valence-electron chi connectivity index (χ1n) is 48.6. The maximum atomic E-state index is 2.59. The third-order valence-electron chi connectivity index (χ3n) is 36.1. The topological polar surface area (TPSA) is 9.72 Å². The van der Waals surface area contributed by atoms with Crippen molar-refractivity contribution in [3.63, 3.8) is 0 Å². The van der Waals surface area contributed by atoms with Crippen LogP contribution < -0.4 is 14.7 Å². The highest BCUT2D eigenvalue weighted by Gasteiger charge is 2.66. The molecule has 0 unspecified atom stereocenters. The summed E-state index contributed by atoms with van der Waals surface area (Å²) in [5.41, 5.74) is 41.4.